The second-order valence-corrected chi connectivity index (χ2v) is 8.76. The van der Waals surface area contributed by atoms with Gasteiger partial charge in [-0.05, 0) is 48.1 Å². The van der Waals surface area contributed by atoms with Crippen LogP contribution in [0.1, 0.15) is 20.3 Å². The van der Waals surface area contributed by atoms with Gasteiger partial charge in [0.15, 0.2) is 5.16 Å². The molecule has 27 heavy (non-hydrogen) atoms. The smallest absolute Gasteiger partial charge is 0.276 e. The fraction of sp³-hybridized carbons (Fsp3) is 0.316. The molecule has 2 aromatic heterocycles. The van der Waals surface area contributed by atoms with Crippen molar-refractivity contribution in [2.75, 3.05) is 12.3 Å². The minimum atomic E-state index is -0.139. The number of thiophene rings is 1. The first kappa shape index (κ1) is 19.9. The molecule has 0 aliphatic carbocycles. The number of fused-ring (bicyclic) bond motifs is 1. The van der Waals surface area contributed by atoms with Crippen LogP contribution in [0, 0.1) is 5.92 Å². The first-order valence-electron chi connectivity index (χ1n) is 8.61. The average Bonchev–Trinajstić information content (AvgIpc) is 3.10. The Morgan fingerprint density at radius 1 is 1.30 bits per heavy atom. The Hall–Kier alpha value is -1.83. The zero-order valence-corrected chi connectivity index (χ0v) is 17.5. The zero-order valence-electron chi connectivity index (χ0n) is 15.1. The van der Waals surface area contributed by atoms with Gasteiger partial charge in [0.2, 0.25) is 5.91 Å². The molecule has 2 heterocycles. The van der Waals surface area contributed by atoms with Gasteiger partial charge < -0.3 is 5.32 Å². The van der Waals surface area contributed by atoms with Gasteiger partial charge in [-0.25, -0.2) is 4.98 Å². The number of carbonyl (C=O) groups is 1. The number of nitrogens with one attached hydrogen (secondary N) is 1. The van der Waals surface area contributed by atoms with Gasteiger partial charge >= 0.3 is 0 Å². The Kier molecular flexibility index (Phi) is 6.57. The average molecular weight is 422 g/mol. The van der Waals surface area contributed by atoms with E-state index in [2.05, 4.69) is 24.1 Å². The largest absolute Gasteiger partial charge is 0.355 e. The number of rotatable bonds is 7. The van der Waals surface area contributed by atoms with E-state index in [1.54, 1.807) is 28.8 Å². The fourth-order valence-electron chi connectivity index (χ4n) is 2.49. The molecule has 0 fully saturated rings. The van der Waals surface area contributed by atoms with Gasteiger partial charge in [-0.2, -0.15) is 0 Å². The third kappa shape index (κ3) is 4.91. The van der Waals surface area contributed by atoms with Crippen molar-refractivity contribution in [3.63, 3.8) is 0 Å². The van der Waals surface area contributed by atoms with E-state index in [0.717, 1.165) is 6.42 Å². The number of benzene rings is 1. The Balaban J connectivity index is 1.87. The minimum Gasteiger partial charge on any atom is -0.355 e. The van der Waals surface area contributed by atoms with Crippen molar-refractivity contribution >= 4 is 50.8 Å². The summed E-state index contributed by atoms with van der Waals surface area (Å²) in [6.45, 7) is 4.88. The first-order chi connectivity index (χ1) is 13.0. The molecule has 3 aromatic rings. The third-order valence-corrected chi connectivity index (χ3v) is 5.99. The van der Waals surface area contributed by atoms with E-state index in [1.165, 1.54) is 23.1 Å². The molecule has 0 aliphatic rings. The van der Waals surface area contributed by atoms with Gasteiger partial charge in [0.1, 0.15) is 4.70 Å². The summed E-state index contributed by atoms with van der Waals surface area (Å²) in [5, 5.41) is 5.84. The second kappa shape index (κ2) is 8.91. The number of halogens is 1. The van der Waals surface area contributed by atoms with Gasteiger partial charge in [-0.1, -0.05) is 37.2 Å². The number of amides is 1. The lowest BCUT2D eigenvalue weighted by atomic mass is 10.1. The summed E-state index contributed by atoms with van der Waals surface area (Å²) in [5.41, 5.74) is 1.19. The number of nitrogens with zero attached hydrogens (tertiary/aromatic N) is 2. The summed E-state index contributed by atoms with van der Waals surface area (Å²) in [5.74, 6) is 0.673. The van der Waals surface area contributed by atoms with Gasteiger partial charge in [-0.3, -0.25) is 14.2 Å². The predicted molar refractivity (Wildman–Crippen MR) is 113 cm³/mol. The van der Waals surface area contributed by atoms with Crippen LogP contribution >= 0.6 is 34.7 Å². The maximum Gasteiger partial charge on any atom is 0.276 e. The van der Waals surface area contributed by atoms with E-state index < -0.39 is 0 Å². The molecule has 1 aromatic carbocycles. The van der Waals surface area contributed by atoms with E-state index >= 15 is 0 Å². The summed E-state index contributed by atoms with van der Waals surface area (Å²) in [7, 11) is 0. The van der Waals surface area contributed by atoms with Gasteiger partial charge in [0.25, 0.3) is 5.56 Å². The second-order valence-electron chi connectivity index (χ2n) is 6.47. The van der Waals surface area contributed by atoms with Crippen LogP contribution in [0.15, 0.2) is 45.7 Å². The first-order valence-corrected chi connectivity index (χ1v) is 10.9. The van der Waals surface area contributed by atoms with Gasteiger partial charge in [0, 0.05) is 11.6 Å². The number of carbonyl (C=O) groups excluding carboxylic acids is 1. The topological polar surface area (TPSA) is 64.0 Å². The molecular weight excluding hydrogens is 402 g/mol. The van der Waals surface area contributed by atoms with Crippen LogP contribution in [0.25, 0.3) is 15.9 Å². The maximum atomic E-state index is 13.0. The molecule has 0 spiro atoms. The quantitative estimate of drug-likeness (QED) is 0.455. The van der Waals surface area contributed by atoms with Crippen LogP contribution in [0.3, 0.4) is 0 Å². The third-order valence-electron chi connectivity index (χ3n) is 3.91. The summed E-state index contributed by atoms with van der Waals surface area (Å²) < 4.78 is 2.14. The van der Waals surface area contributed by atoms with Crippen LogP contribution < -0.4 is 10.9 Å². The van der Waals surface area contributed by atoms with E-state index in [4.69, 9.17) is 11.6 Å². The summed E-state index contributed by atoms with van der Waals surface area (Å²) in [4.78, 5) is 29.7. The molecule has 0 saturated carbocycles. The lowest BCUT2D eigenvalue weighted by Crippen LogP contribution is -2.27. The lowest BCUT2D eigenvalue weighted by molar-refractivity contribution is -0.118. The fourth-order valence-corrected chi connectivity index (χ4v) is 4.22. The highest BCUT2D eigenvalue weighted by Crippen LogP contribution is 2.24. The van der Waals surface area contributed by atoms with E-state index in [0.29, 0.717) is 38.5 Å². The predicted octanol–water partition coefficient (Wildman–Crippen LogP) is 4.36. The highest BCUT2D eigenvalue weighted by molar-refractivity contribution is 7.99. The van der Waals surface area contributed by atoms with Crippen molar-refractivity contribution in [2.24, 2.45) is 5.92 Å². The Morgan fingerprint density at radius 2 is 2.04 bits per heavy atom. The van der Waals surface area contributed by atoms with E-state index in [9.17, 15) is 9.59 Å². The molecule has 142 valence electrons. The van der Waals surface area contributed by atoms with Crippen molar-refractivity contribution in [3.8, 4) is 5.69 Å². The van der Waals surface area contributed by atoms with E-state index in [-0.39, 0.29) is 17.2 Å². The van der Waals surface area contributed by atoms with Gasteiger partial charge in [-0.15, -0.1) is 11.3 Å². The number of hydrogen-bond donors (Lipinski definition) is 1. The molecule has 3 rings (SSSR count). The molecule has 0 aliphatic heterocycles. The van der Waals surface area contributed by atoms with Crippen molar-refractivity contribution in [1.82, 2.24) is 14.9 Å². The van der Waals surface area contributed by atoms with Crippen LogP contribution in [0.2, 0.25) is 5.02 Å². The molecule has 1 amide bonds. The Bertz CT molecular complexity index is 996. The van der Waals surface area contributed by atoms with Gasteiger partial charge in [0.05, 0.1) is 17.0 Å². The standard InChI is InChI=1S/C19H20ClN3O2S2/c1-12(2)7-9-21-16(24)11-27-19-22-15-8-10-26-17(15)18(25)23(19)14-5-3-13(20)4-6-14/h3-6,8,10,12H,7,9,11H2,1-2H3,(H,21,24). The number of aromatic nitrogens is 2. The molecule has 0 unspecified atom stereocenters. The molecular formula is C19H20ClN3O2S2. The SMILES string of the molecule is CC(C)CCNC(=O)CSc1nc2ccsc2c(=O)n1-c1ccc(Cl)cc1. The summed E-state index contributed by atoms with van der Waals surface area (Å²) in [6, 6.07) is 8.83. The van der Waals surface area contributed by atoms with Crippen LogP contribution in [-0.2, 0) is 4.79 Å². The number of thioether (sulfide) groups is 1. The van der Waals surface area contributed by atoms with E-state index in [1.807, 2.05) is 11.4 Å². The number of hydrogen-bond acceptors (Lipinski definition) is 5. The molecule has 1 N–H and O–H groups in total. The highest BCUT2D eigenvalue weighted by atomic mass is 35.5. The van der Waals surface area contributed by atoms with Crippen LogP contribution in [0.5, 0.6) is 0 Å². The molecule has 8 heteroatoms. The maximum absolute atomic E-state index is 13.0. The van der Waals surface area contributed by atoms with Crippen molar-refractivity contribution in [3.05, 3.63) is 51.1 Å². The normalized spacial score (nSPS) is 11.3. The molecule has 0 radical (unpaired) electrons. The molecule has 0 saturated heterocycles. The molecule has 0 atom stereocenters. The lowest BCUT2D eigenvalue weighted by Gasteiger charge is -2.12. The summed E-state index contributed by atoms with van der Waals surface area (Å²) >= 11 is 8.59. The van der Waals surface area contributed by atoms with Crippen molar-refractivity contribution in [1.29, 1.82) is 0 Å². The summed E-state index contributed by atoms with van der Waals surface area (Å²) in [6.07, 6.45) is 0.936. The Morgan fingerprint density at radius 3 is 2.74 bits per heavy atom. The molecule has 0 bridgehead atoms. The highest BCUT2D eigenvalue weighted by Gasteiger charge is 2.15. The zero-order chi connectivity index (χ0) is 19.4. The van der Waals surface area contributed by atoms with Crippen molar-refractivity contribution in [2.45, 2.75) is 25.4 Å². The monoisotopic (exact) mass is 421 g/mol. The van der Waals surface area contributed by atoms with Crippen LogP contribution in [0.4, 0.5) is 0 Å². The molecule has 5 nitrogen and oxygen atoms in total. The minimum absolute atomic E-state index is 0.0667. The Labute approximate surface area is 170 Å². The van der Waals surface area contributed by atoms with Crippen molar-refractivity contribution < 1.29 is 4.79 Å². The van der Waals surface area contributed by atoms with Crippen LogP contribution in [-0.4, -0.2) is 27.8 Å².